The van der Waals surface area contributed by atoms with Crippen molar-refractivity contribution in [2.24, 2.45) is 10.2 Å². The van der Waals surface area contributed by atoms with Gasteiger partial charge in [-0.2, -0.15) is 0 Å². The van der Waals surface area contributed by atoms with Crippen LogP contribution in [0.3, 0.4) is 0 Å². The molecule has 4 nitrogen and oxygen atoms in total. The van der Waals surface area contributed by atoms with Gasteiger partial charge in [0.05, 0.1) is 5.02 Å². The number of ether oxygens (including phenoxy) is 1. The minimum Gasteiger partial charge on any atom is -0.441 e. The highest BCUT2D eigenvalue weighted by Crippen LogP contribution is 2.24. The summed E-state index contributed by atoms with van der Waals surface area (Å²) in [4.78, 5) is 11.2. The Hall–Kier alpha value is -1.42. The Balaban J connectivity index is 2.68. The van der Waals surface area contributed by atoms with Crippen LogP contribution in [0.1, 0.15) is 20.8 Å². The van der Waals surface area contributed by atoms with Gasteiger partial charge < -0.3 is 4.74 Å². The molecule has 0 atom stereocenters. The largest absolute Gasteiger partial charge is 0.452 e. The Morgan fingerprint density at radius 3 is 2.50 bits per heavy atom. The fraction of sp³-hybridized carbons (Fsp3) is 0.364. The minimum atomic E-state index is -0.729. The molecule has 1 aromatic rings. The van der Waals surface area contributed by atoms with Crippen molar-refractivity contribution < 1.29 is 9.53 Å². The van der Waals surface area contributed by atoms with Gasteiger partial charge in [-0.15, -0.1) is 5.11 Å². The molecule has 16 heavy (non-hydrogen) atoms. The number of hydrogen-bond donors (Lipinski definition) is 0. The van der Waals surface area contributed by atoms with Crippen LogP contribution in [0.4, 0.5) is 10.5 Å². The molecule has 0 radical (unpaired) electrons. The van der Waals surface area contributed by atoms with Gasteiger partial charge in [0.1, 0.15) is 11.3 Å². The zero-order chi connectivity index (χ0) is 12.2. The summed E-state index contributed by atoms with van der Waals surface area (Å²) in [6.45, 7) is 5.28. The average Bonchev–Trinajstić information content (AvgIpc) is 2.14. The number of carbonyl (C=O) groups excluding carboxylic acids is 1. The van der Waals surface area contributed by atoms with Crippen molar-refractivity contribution in [3.8, 4) is 0 Å². The molecule has 86 valence electrons. The maximum absolute atomic E-state index is 11.2. The van der Waals surface area contributed by atoms with Crippen molar-refractivity contribution in [3.63, 3.8) is 0 Å². The van der Waals surface area contributed by atoms with E-state index in [1.807, 2.05) is 0 Å². The highest BCUT2D eigenvalue weighted by molar-refractivity contribution is 6.32. The van der Waals surface area contributed by atoms with Crippen molar-refractivity contribution in [2.45, 2.75) is 26.4 Å². The number of azo groups is 1. The van der Waals surface area contributed by atoms with Gasteiger partial charge in [-0.3, -0.25) is 0 Å². The third kappa shape index (κ3) is 4.40. The molecular weight excluding hydrogens is 228 g/mol. The van der Waals surface area contributed by atoms with Crippen LogP contribution < -0.4 is 0 Å². The van der Waals surface area contributed by atoms with Crippen LogP contribution in [0.15, 0.2) is 34.5 Å². The summed E-state index contributed by atoms with van der Waals surface area (Å²) in [7, 11) is 0. The first-order valence-electron chi connectivity index (χ1n) is 4.78. The lowest BCUT2D eigenvalue weighted by molar-refractivity contribution is 0.0592. The molecule has 0 unspecified atom stereocenters. The molecule has 1 rings (SSSR count). The second-order valence-corrected chi connectivity index (χ2v) is 4.54. The van der Waals surface area contributed by atoms with Crippen LogP contribution in [0.2, 0.25) is 5.02 Å². The van der Waals surface area contributed by atoms with E-state index in [1.165, 1.54) is 0 Å². The van der Waals surface area contributed by atoms with Crippen LogP contribution in [-0.4, -0.2) is 11.7 Å². The molecule has 1 amide bonds. The van der Waals surface area contributed by atoms with Crippen molar-refractivity contribution >= 4 is 23.4 Å². The number of rotatable bonds is 1. The predicted octanol–water partition coefficient (Wildman–Crippen LogP) is 4.36. The Kier molecular flexibility index (Phi) is 4.01. The van der Waals surface area contributed by atoms with E-state index < -0.39 is 11.7 Å². The third-order valence-electron chi connectivity index (χ3n) is 1.49. The molecule has 0 heterocycles. The Bertz CT molecular complexity index is 411. The van der Waals surface area contributed by atoms with Gasteiger partial charge in [0.25, 0.3) is 0 Å². The van der Waals surface area contributed by atoms with Crippen LogP contribution in [-0.2, 0) is 4.74 Å². The van der Waals surface area contributed by atoms with Crippen LogP contribution in [0.5, 0.6) is 0 Å². The number of benzene rings is 1. The summed E-state index contributed by atoms with van der Waals surface area (Å²) < 4.78 is 4.96. The number of halogens is 1. The quantitative estimate of drug-likeness (QED) is 0.685. The summed E-state index contributed by atoms with van der Waals surface area (Å²) in [5.41, 5.74) is -0.133. The van der Waals surface area contributed by atoms with E-state index in [0.29, 0.717) is 10.7 Å². The van der Waals surface area contributed by atoms with E-state index in [9.17, 15) is 4.79 Å². The van der Waals surface area contributed by atoms with Crippen LogP contribution in [0, 0.1) is 0 Å². The molecule has 0 aliphatic rings. The zero-order valence-corrected chi connectivity index (χ0v) is 10.2. The second-order valence-electron chi connectivity index (χ2n) is 4.13. The zero-order valence-electron chi connectivity index (χ0n) is 9.40. The average molecular weight is 241 g/mol. The van der Waals surface area contributed by atoms with Crippen molar-refractivity contribution in [1.82, 2.24) is 0 Å². The SMILES string of the molecule is CC(C)(C)OC(=O)N=Nc1ccccc1Cl. The van der Waals surface area contributed by atoms with Crippen molar-refractivity contribution in [1.29, 1.82) is 0 Å². The van der Waals surface area contributed by atoms with Gasteiger partial charge in [0.15, 0.2) is 0 Å². The maximum Gasteiger partial charge on any atom is 0.452 e. The molecule has 0 spiro atoms. The van der Waals surface area contributed by atoms with Gasteiger partial charge >= 0.3 is 6.09 Å². The molecule has 0 aliphatic carbocycles. The Morgan fingerprint density at radius 1 is 1.31 bits per heavy atom. The van der Waals surface area contributed by atoms with E-state index in [2.05, 4.69) is 10.2 Å². The number of nitrogens with zero attached hydrogens (tertiary/aromatic N) is 2. The first-order valence-corrected chi connectivity index (χ1v) is 5.15. The van der Waals surface area contributed by atoms with Crippen molar-refractivity contribution in [3.05, 3.63) is 29.3 Å². The lowest BCUT2D eigenvalue weighted by Gasteiger charge is -2.16. The van der Waals surface area contributed by atoms with Gasteiger partial charge in [-0.1, -0.05) is 28.8 Å². The van der Waals surface area contributed by atoms with E-state index in [-0.39, 0.29) is 0 Å². The molecular formula is C11H13ClN2O2. The monoisotopic (exact) mass is 240 g/mol. The minimum absolute atomic E-state index is 0.440. The normalized spacial score (nSPS) is 11.8. The summed E-state index contributed by atoms with van der Waals surface area (Å²) in [6.07, 6.45) is -0.729. The van der Waals surface area contributed by atoms with E-state index in [0.717, 1.165) is 0 Å². The molecule has 0 bridgehead atoms. The number of amides is 1. The summed E-state index contributed by atoms with van der Waals surface area (Å²) >= 11 is 5.83. The molecule has 0 fully saturated rings. The van der Waals surface area contributed by atoms with E-state index >= 15 is 0 Å². The van der Waals surface area contributed by atoms with Gasteiger partial charge in [0, 0.05) is 0 Å². The lowest BCUT2D eigenvalue weighted by atomic mass is 10.2. The van der Waals surface area contributed by atoms with Crippen LogP contribution in [0.25, 0.3) is 0 Å². The molecule has 0 saturated carbocycles. The standard InChI is InChI=1S/C11H13ClN2O2/c1-11(2,3)16-10(15)14-13-9-7-5-4-6-8(9)12/h4-7H,1-3H3. The number of carbonyl (C=O) groups is 1. The third-order valence-corrected chi connectivity index (χ3v) is 1.80. The summed E-state index contributed by atoms with van der Waals surface area (Å²) in [6, 6.07) is 6.87. The molecule has 0 aliphatic heterocycles. The topological polar surface area (TPSA) is 51.0 Å². The highest BCUT2D eigenvalue weighted by atomic mass is 35.5. The molecule has 0 saturated heterocycles. The van der Waals surface area contributed by atoms with Crippen molar-refractivity contribution in [2.75, 3.05) is 0 Å². The van der Waals surface area contributed by atoms with Gasteiger partial charge in [0.2, 0.25) is 0 Å². The smallest absolute Gasteiger partial charge is 0.441 e. The fourth-order valence-corrected chi connectivity index (χ4v) is 1.08. The predicted molar refractivity (Wildman–Crippen MR) is 62.2 cm³/mol. The van der Waals surface area contributed by atoms with E-state index in [1.54, 1.807) is 45.0 Å². The van der Waals surface area contributed by atoms with Crippen LogP contribution >= 0.6 is 11.6 Å². The van der Waals surface area contributed by atoms with E-state index in [4.69, 9.17) is 16.3 Å². The van der Waals surface area contributed by atoms with Gasteiger partial charge in [-0.05, 0) is 32.9 Å². The first kappa shape index (κ1) is 12.6. The highest BCUT2D eigenvalue weighted by Gasteiger charge is 2.15. The second kappa shape index (κ2) is 5.07. The molecule has 5 heteroatoms. The maximum atomic E-state index is 11.2. The summed E-state index contributed by atoms with van der Waals surface area (Å²) in [5, 5.41) is 7.57. The number of hydrogen-bond acceptors (Lipinski definition) is 3. The van der Waals surface area contributed by atoms with Gasteiger partial charge in [-0.25, -0.2) is 4.79 Å². The Morgan fingerprint density at radius 2 is 1.94 bits per heavy atom. The summed E-state index contributed by atoms with van der Waals surface area (Å²) in [5.74, 6) is 0. The Labute approximate surface area is 99.3 Å². The molecule has 1 aromatic carbocycles. The fourth-order valence-electron chi connectivity index (χ4n) is 0.910. The lowest BCUT2D eigenvalue weighted by Crippen LogP contribution is -2.21. The molecule has 0 N–H and O–H groups in total. The first-order chi connectivity index (χ1) is 7.38. The molecule has 0 aromatic heterocycles.